The Kier molecular flexibility index (Phi) is 4.25. The molecule has 1 aliphatic heterocycles. The number of pyridine rings is 1. The van der Waals surface area contributed by atoms with Gasteiger partial charge in [0.05, 0.1) is 12.1 Å². The van der Waals surface area contributed by atoms with Crippen molar-refractivity contribution in [3.8, 4) is 11.4 Å². The molecule has 3 heterocycles. The molecule has 0 aliphatic carbocycles. The number of rotatable bonds is 4. The third-order valence-corrected chi connectivity index (χ3v) is 4.33. The van der Waals surface area contributed by atoms with Crippen LogP contribution in [0.25, 0.3) is 11.4 Å². The van der Waals surface area contributed by atoms with E-state index >= 15 is 0 Å². The first-order chi connectivity index (χ1) is 12.2. The van der Waals surface area contributed by atoms with E-state index in [4.69, 9.17) is 4.52 Å². The number of benzene rings is 1. The summed E-state index contributed by atoms with van der Waals surface area (Å²) in [5.41, 5.74) is 1.74. The van der Waals surface area contributed by atoms with Gasteiger partial charge in [0, 0.05) is 31.0 Å². The van der Waals surface area contributed by atoms with E-state index in [1.165, 1.54) is 12.1 Å². The van der Waals surface area contributed by atoms with Gasteiger partial charge >= 0.3 is 0 Å². The van der Waals surface area contributed by atoms with Crippen molar-refractivity contribution in [2.45, 2.75) is 25.1 Å². The Balaban J connectivity index is 1.55. The molecule has 0 radical (unpaired) electrons. The first-order valence-electron chi connectivity index (χ1n) is 8.09. The highest BCUT2D eigenvalue weighted by molar-refractivity contribution is 5.51. The lowest BCUT2D eigenvalue weighted by atomic mass is 10.1. The molecule has 1 N–H and O–H groups in total. The summed E-state index contributed by atoms with van der Waals surface area (Å²) in [4.78, 5) is 10.6. The van der Waals surface area contributed by atoms with E-state index in [9.17, 15) is 9.50 Å². The lowest BCUT2D eigenvalue weighted by Gasteiger charge is -2.21. The van der Waals surface area contributed by atoms with Crippen molar-refractivity contribution in [1.82, 2.24) is 20.0 Å². The van der Waals surface area contributed by atoms with Crippen LogP contribution in [0.3, 0.4) is 0 Å². The smallest absolute Gasteiger partial charge is 0.244 e. The van der Waals surface area contributed by atoms with Gasteiger partial charge in [-0.2, -0.15) is 4.98 Å². The number of aliphatic hydroxyl groups is 1. The average molecular weight is 340 g/mol. The monoisotopic (exact) mass is 340 g/mol. The molecule has 25 heavy (non-hydrogen) atoms. The van der Waals surface area contributed by atoms with Gasteiger partial charge in [-0.3, -0.25) is 9.88 Å². The minimum Gasteiger partial charge on any atom is -0.392 e. The van der Waals surface area contributed by atoms with Crippen molar-refractivity contribution >= 4 is 0 Å². The molecule has 1 fully saturated rings. The third kappa shape index (κ3) is 3.42. The van der Waals surface area contributed by atoms with Crippen LogP contribution in [-0.4, -0.2) is 37.8 Å². The molecule has 6 nitrogen and oxygen atoms in total. The van der Waals surface area contributed by atoms with E-state index < -0.39 is 6.10 Å². The third-order valence-electron chi connectivity index (χ3n) is 4.33. The largest absolute Gasteiger partial charge is 0.392 e. The van der Waals surface area contributed by atoms with Crippen LogP contribution in [0.2, 0.25) is 0 Å². The van der Waals surface area contributed by atoms with E-state index in [-0.39, 0.29) is 11.9 Å². The average Bonchev–Trinajstić information content (AvgIpc) is 3.24. The van der Waals surface area contributed by atoms with Gasteiger partial charge < -0.3 is 9.63 Å². The SMILES string of the molecule is O[C@@H]1C[C@@H](c2nc(-c3cccnc3)no2)N(Cc2ccc(F)cc2)C1. The molecular formula is C18H17FN4O2. The molecule has 0 saturated carbocycles. The minimum absolute atomic E-state index is 0.169. The van der Waals surface area contributed by atoms with Gasteiger partial charge in [0.1, 0.15) is 5.82 Å². The maximum atomic E-state index is 13.1. The number of nitrogens with zero attached hydrogens (tertiary/aromatic N) is 4. The molecule has 0 amide bonds. The summed E-state index contributed by atoms with van der Waals surface area (Å²) in [7, 11) is 0. The second-order valence-corrected chi connectivity index (χ2v) is 6.16. The van der Waals surface area contributed by atoms with Gasteiger partial charge in [-0.15, -0.1) is 0 Å². The summed E-state index contributed by atoms with van der Waals surface area (Å²) in [5, 5.41) is 14.1. The van der Waals surface area contributed by atoms with Crippen molar-refractivity contribution in [3.05, 3.63) is 66.1 Å². The molecule has 2 atom stereocenters. The zero-order valence-electron chi connectivity index (χ0n) is 13.4. The predicted octanol–water partition coefficient (Wildman–Crippen LogP) is 2.58. The van der Waals surface area contributed by atoms with Crippen molar-refractivity contribution < 1.29 is 14.0 Å². The van der Waals surface area contributed by atoms with Crippen LogP contribution in [0, 0.1) is 5.82 Å². The van der Waals surface area contributed by atoms with E-state index in [1.807, 2.05) is 12.1 Å². The molecule has 0 spiro atoms. The highest BCUT2D eigenvalue weighted by Gasteiger charge is 2.35. The summed E-state index contributed by atoms with van der Waals surface area (Å²) >= 11 is 0. The molecule has 7 heteroatoms. The van der Waals surface area contributed by atoms with Gasteiger partial charge in [-0.25, -0.2) is 4.39 Å². The molecule has 1 aromatic carbocycles. The van der Waals surface area contributed by atoms with Crippen LogP contribution < -0.4 is 0 Å². The summed E-state index contributed by atoms with van der Waals surface area (Å²) in [6.45, 7) is 1.08. The lowest BCUT2D eigenvalue weighted by Crippen LogP contribution is -2.24. The Morgan fingerprint density at radius 2 is 2.08 bits per heavy atom. The Labute approximate surface area is 143 Å². The topological polar surface area (TPSA) is 75.3 Å². The molecule has 4 rings (SSSR count). The van der Waals surface area contributed by atoms with Gasteiger partial charge in [0.15, 0.2) is 0 Å². The normalized spacial score (nSPS) is 20.9. The Morgan fingerprint density at radius 3 is 2.84 bits per heavy atom. The molecule has 0 unspecified atom stereocenters. The van der Waals surface area contributed by atoms with E-state index in [2.05, 4.69) is 20.0 Å². The number of hydrogen-bond donors (Lipinski definition) is 1. The van der Waals surface area contributed by atoms with Crippen molar-refractivity contribution in [2.75, 3.05) is 6.54 Å². The summed E-state index contributed by atoms with van der Waals surface area (Å²) in [6.07, 6.45) is 3.42. The van der Waals surface area contributed by atoms with Crippen LogP contribution in [0.4, 0.5) is 4.39 Å². The highest BCUT2D eigenvalue weighted by Crippen LogP contribution is 2.33. The van der Waals surface area contributed by atoms with Crippen LogP contribution in [0.15, 0.2) is 53.3 Å². The molecule has 1 aliphatic rings. The first kappa shape index (κ1) is 15.9. The van der Waals surface area contributed by atoms with Crippen molar-refractivity contribution in [1.29, 1.82) is 0 Å². The molecule has 2 aromatic heterocycles. The Bertz CT molecular complexity index is 838. The fourth-order valence-corrected chi connectivity index (χ4v) is 3.12. The van der Waals surface area contributed by atoms with Gasteiger partial charge in [-0.1, -0.05) is 17.3 Å². The standard InChI is InChI=1S/C18H17FN4O2/c19-14-5-3-12(4-6-14)10-23-11-15(24)8-16(23)18-21-17(22-25-18)13-2-1-7-20-9-13/h1-7,9,15-16,24H,8,10-11H2/t15-,16+/m1/s1. The Hall–Kier alpha value is -2.64. The minimum atomic E-state index is -0.459. The lowest BCUT2D eigenvalue weighted by molar-refractivity contribution is 0.169. The first-order valence-corrected chi connectivity index (χ1v) is 8.09. The second kappa shape index (κ2) is 6.70. The van der Waals surface area contributed by atoms with E-state index in [0.29, 0.717) is 31.2 Å². The summed E-state index contributed by atoms with van der Waals surface area (Å²) in [5.74, 6) is 0.684. The predicted molar refractivity (Wildman–Crippen MR) is 87.7 cm³/mol. The van der Waals surface area contributed by atoms with Gasteiger partial charge in [-0.05, 0) is 36.2 Å². The number of hydrogen-bond acceptors (Lipinski definition) is 6. The van der Waals surface area contributed by atoms with E-state index in [1.54, 1.807) is 24.5 Å². The summed E-state index contributed by atoms with van der Waals surface area (Å²) in [6, 6.07) is 9.86. The zero-order chi connectivity index (χ0) is 17.2. The zero-order valence-corrected chi connectivity index (χ0v) is 13.4. The van der Waals surface area contributed by atoms with Crippen molar-refractivity contribution in [3.63, 3.8) is 0 Å². The fourth-order valence-electron chi connectivity index (χ4n) is 3.12. The number of likely N-dealkylation sites (tertiary alicyclic amines) is 1. The molecule has 128 valence electrons. The molecular weight excluding hydrogens is 323 g/mol. The van der Waals surface area contributed by atoms with Crippen molar-refractivity contribution in [2.24, 2.45) is 0 Å². The van der Waals surface area contributed by atoms with Gasteiger partial charge in [0.25, 0.3) is 0 Å². The highest BCUT2D eigenvalue weighted by atomic mass is 19.1. The number of β-amino-alcohol motifs (C(OH)–C–C–N with tert-alkyl or cyclic N) is 1. The maximum absolute atomic E-state index is 13.1. The van der Waals surface area contributed by atoms with Crippen LogP contribution >= 0.6 is 0 Å². The number of aliphatic hydroxyl groups excluding tert-OH is 1. The number of aromatic nitrogens is 3. The molecule has 1 saturated heterocycles. The number of halogens is 1. The quantitative estimate of drug-likeness (QED) is 0.787. The molecule has 3 aromatic rings. The Morgan fingerprint density at radius 1 is 1.24 bits per heavy atom. The van der Waals surface area contributed by atoms with Crippen LogP contribution in [0.1, 0.15) is 23.9 Å². The van der Waals surface area contributed by atoms with Gasteiger partial charge in [0.2, 0.25) is 11.7 Å². The fraction of sp³-hybridized carbons (Fsp3) is 0.278. The molecule has 0 bridgehead atoms. The van der Waals surface area contributed by atoms with Crippen LogP contribution in [0.5, 0.6) is 0 Å². The second-order valence-electron chi connectivity index (χ2n) is 6.16. The van der Waals surface area contributed by atoms with Crippen LogP contribution in [-0.2, 0) is 6.54 Å². The maximum Gasteiger partial charge on any atom is 0.244 e. The van der Waals surface area contributed by atoms with E-state index in [0.717, 1.165) is 11.1 Å². The summed E-state index contributed by atoms with van der Waals surface area (Å²) < 4.78 is 18.5.